The Morgan fingerprint density at radius 3 is 2.53 bits per heavy atom. The lowest BCUT2D eigenvalue weighted by Crippen LogP contribution is -2.37. The summed E-state index contributed by atoms with van der Waals surface area (Å²) in [6.45, 7) is 0. The lowest BCUT2D eigenvalue weighted by Gasteiger charge is -2.10. The van der Waals surface area contributed by atoms with Crippen LogP contribution in [0.15, 0.2) is 53.1 Å². The van der Waals surface area contributed by atoms with E-state index in [4.69, 9.17) is 17.3 Å². The molecule has 7 nitrogen and oxygen atoms in total. The van der Waals surface area contributed by atoms with Crippen LogP contribution in [0.4, 0.5) is 14.5 Å². The molecule has 0 amide bonds. The van der Waals surface area contributed by atoms with E-state index < -0.39 is 23.4 Å². The molecule has 170 valence electrons. The maximum Gasteiger partial charge on any atom is 0.305 e. The molecule has 0 atom stereocenters. The standard InChI is InChI=1S/C23H13ClF2N4O3S/c1-30-19(23(32)33-29-30)20(31)21-18(27)17-14(13-7-6-12(25)8-15(13)26)9-16(28-22(17)34-21)10-2-4-11(24)5-3-10/h2-9H,1H3,(H2-,27,29,31,32). The number of thiophene rings is 1. The lowest BCUT2D eigenvalue weighted by atomic mass is 9.98. The van der Waals surface area contributed by atoms with Crippen LogP contribution >= 0.6 is 22.9 Å². The van der Waals surface area contributed by atoms with Crippen LogP contribution < -0.4 is 15.5 Å². The Kier molecular flexibility index (Phi) is 5.26. The topological polar surface area (TPSA) is 109 Å². The van der Waals surface area contributed by atoms with Gasteiger partial charge in [-0.05, 0) is 35.9 Å². The summed E-state index contributed by atoms with van der Waals surface area (Å²) in [6.07, 6.45) is 0. The van der Waals surface area contributed by atoms with Crippen LogP contribution in [-0.4, -0.2) is 16.0 Å². The van der Waals surface area contributed by atoms with Gasteiger partial charge in [-0.2, -0.15) is 0 Å². The minimum Gasteiger partial charge on any atom is -0.539 e. The molecular formula is C23H13ClF2N4O3S. The van der Waals surface area contributed by atoms with Gasteiger partial charge in [-0.1, -0.05) is 28.4 Å². The second kappa shape index (κ2) is 8.15. The first-order chi connectivity index (χ1) is 16.2. The third kappa shape index (κ3) is 3.57. The van der Waals surface area contributed by atoms with Crippen molar-refractivity contribution in [3.8, 4) is 28.3 Å². The first kappa shape index (κ1) is 21.9. The van der Waals surface area contributed by atoms with Crippen LogP contribution in [0.5, 0.6) is 5.95 Å². The summed E-state index contributed by atoms with van der Waals surface area (Å²) in [5.74, 6) is -3.15. The summed E-state index contributed by atoms with van der Waals surface area (Å²) in [4.78, 5) is 18.1. The molecule has 0 spiro atoms. The van der Waals surface area contributed by atoms with Crippen molar-refractivity contribution >= 4 is 44.6 Å². The molecular weight excluding hydrogens is 486 g/mol. The fourth-order valence-corrected chi connectivity index (χ4v) is 4.83. The van der Waals surface area contributed by atoms with Gasteiger partial charge >= 0.3 is 5.69 Å². The van der Waals surface area contributed by atoms with E-state index in [1.807, 2.05) is 0 Å². The summed E-state index contributed by atoms with van der Waals surface area (Å²) in [6, 6.07) is 11.6. The Balaban J connectivity index is 1.80. The van der Waals surface area contributed by atoms with Crippen molar-refractivity contribution in [2.24, 2.45) is 7.05 Å². The normalized spacial score (nSPS) is 11.3. The third-order valence-corrected chi connectivity index (χ3v) is 6.59. The average Bonchev–Trinajstić information content (AvgIpc) is 3.32. The zero-order valence-electron chi connectivity index (χ0n) is 17.3. The largest absolute Gasteiger partial charge is 0.539 e. The van der Waals surface area contributed by atoms with Gasteiger partial charge in [0.1, 0.15) is 21.3 Å². The van der Waals surface area contributed by atoms with Crippen LogP contribution in [0.25, 0.3) is 32.6 Å². The molecule has 0 aliphatic rings. The molecule has 0 unspecified atom stereocenters. The molecule has 3 heterocycles. The van der Waals surface area contributed by atoms with Gasteiger partial charge in [0, 0.05) is 27.6 Å². The highest BCUT2D eigenvalue weighted by atomic mass is 35.5. The minimum absolute atomic E-state index is 0.0134. The molecule has 2 aromatic carbocycles. The Bertz CT molecular complexity index is 1580. The van der Waals surface area contributed by atoms with Crippen molar-refractivity contribution in [1.82, 2.24) is 10.3 Å². The number of nitrogens with two attached hydrogens (primary N) is 1. The number of fused-ring (bicyclic) bond motifs is 1. The van der Waals surface area contributed by atoms with Crippen molar-refractivity contribution < 1.29 is 27.9 Å². The highest BCUT2D eigenvalue weighted by Gasteiger charge is 2.30. The van der Waals surface area contributed by atoms with E-state index in [0.29, 0.717) is 32.1 Å². The number of nitrogen functional groups attached to an aromatic ring is 1. The van der Waals surface area contributed by atoms with Crippen molar-refractivity contribution in [2.45, 2.75) is 0 Å². The number of hydrogen-bond acceptors (Lipinski definition) is 7. The molecule has 3 aromatic heterocycles. The second-order valence-electron chi connectivity index (χ2n) is 7.37. The number of aryl methyl sites for hydroxylation is 1. The predicted molar refractivity (Wildman–Crippen MR) is 120 cm³/mol. The number of benzene rings is 2. The highest BCUT2D eigenvalue weighted by molar-refractivity contribution is 7.21. The van der Waals surface area contributed by atoms with Crippen molar-refractivity contribution in [1.29, 1.82) is 0 Å². The molecule has 11 heteroatoms. The zero-order chi connectivity index (χ0) is 24.1. The van der Waals surface area contributed by atoms with E-state index in [1.165, 1.54) is 13.1 Å². The predicted octanol–water partition coefficient (Wildman–Crippen LogP) is 4.26. The summed E-state index contributed by atoms with van der Waals surface area (Å²) < 4.78 is 34.0. The maximum atomic E-state index is 14.8. The summed E-state index contributed by atoms with van der Waals surface area (Å²) in [5.41, 5.74) is 7.58. The van der Waals surface area contributed by atoms with Gasteiger partial charge in [0.25, 0.3) is 5.78 Å². The van der Waals surface area contributed by atoms with Gasteiger partial charge in [0.2, 0.25) is 0 Å². The van der Waals surface area contributed by atoms with Gasteiger partial charge in [-0.15, -0.1) is 11.3 Å². The first-order valence-corrected chi connectivity index (χ1v) is 11.0. The van der Waals surface area contributed by atoms with Crippen molar-refractivity contribution in [2.75, 3.05) is 5.73 Å². The van der Waals surface area contributed by atoms with Gasteiger partial charge in [-0.3, -0.25) is 4.79 Å². The molecule has 0 saturated heterocycles. The Labute approximate surface area is 199 Å². The van der Waals surface area contributed by atoms with E-state index in [1.54, 1.807) is 30.3 Å². The van der Waals surface area contributed by atoms with Gasteiger partial charge in [0.05, 0.1) is 16.7 Å². The third-order valence-electron chi connectivity index (χ3n) is 5.24. The summed E-state index contributed by atoms with van der Waals surface area (Å²) in [5, 5.41) is 16.3. The van der Waals surface area contributed by atoms with E-state index in [0.717, 1.165) is 28.2 Å². The van der Waals surface area contributed by atoms with Gasteiger partial charge in [0.15, 0.2) is 13.0 Å². The molecule has 0 radical (unpaired) electrons. The van der Waals surface area contributed by atoms with Gasteiger partial charge < -0.3 is 15.4 Å². The number of hydrogen-bond donors (Lipinski definition) is 1. The van der Waals surface area contributed by atoms with Crippen LogP contribution in [-0.2, 0) is 7.05 Å². The quantitative estimate of drug-likeness (QED) is 0.293. The number of anilines is 1. The molecule has 2 N–H and O–H groups in total. The molecule has 0 saturated carbocycles. The highest BCUT2D eigenvalue weighted by Crippen LogP contribution is 2.43. The first-order valence-electron chi connectivity index (χ1n) is 9.76. The number of pyridine rings is 1. The number of halogens is 3. The smallest absolute Gasteiger partial charge is 0.305 e. The number of ketones is 1. The molecule has 34 heavy (non-hydrogen) atoms. The maximum absolute atomic E-state index is 14.8. The Morgan fingerprint density at radius 1 is 1.15 bits per heavy atom. The van der Waals surface area contributed by atoms with Crippen molar-refractivity contribution in [3.05, 3.63) is 75.8 Å². The fraction of sp³-hybridized carbons (Fsp3) is 0.0435. The summed E-state index contributed by atoms with van der Waals surface area (Å²) >= 11 is 6.94. The SMILES string of the molecule is C[n+]1noc([O-])c1C(=O)c1sc2nc(-c3ccc(Cl)cc3)cc(-c3ccc(F)cc3F)c2c1N. The van der Waals surface area contributed by atoms with Crippen LogP contribution in [0.2, 0.25) is 5.02 Å². The molecule has 0 aliphatic heterocycles. The molecule has 5 rings (SSSR count). The Hall–Kier alpha value is -3.89. The Morgan fingerprint density at radius 2 is 1.88 bits per heavy atom. The van der Waals surface area contributed by atoms with Crippen LogP contribution in [0.1, 0.15) is 15.4 Å². The van der Waals surface area contributed by atoms with Crippen LogP contribution in [0, 0.1) is 11.6 Å². The molecule has 0 aliphatic carbocycles. The van der Waals surface area contributed by atoms with Crippen molar-refractivity contribution in [3.63, 3.8) is 0 Å². The number of nitrogens with zero attached hydrogens (tertiary/aromatic N) is 3. The lowest BCUT2D eigenvalue weighted by molar-refractivity contribution is -0.741. The number of rotatable bonds is 4. The van der Waals surface area contributed by atoms with Gasteiger partial charge in [-0.25, -0.2) is 13.8 Å². The average molecular weight is 499 g/mol. The number of carbonyl (C=O) groups is 1. The molecule has 0 fully saturated rings. The molecule has 5 aromatic rings. The number of carbonyl (C=O) groups excluding carboxylic acids is 1. The second-order valence-corrected chi connectivity index (χ2v) is 8.81. The van der Waals surface area contributed by atoms with E-state index >= 15 is 0 Å². The van der Waals surface area contributed by atoms with Crippen LogP contribution in [0.3, 0.4) is 0 Å². The van der Waals surface area contributed by atoms with E-state index in [9.17, 15) is 18.7 Å². The zero-order valence-corrected chi connectivity index (χ0v) is 18.9. The summed E-state index contributed by atoms with van der Waals surface area (Å²) in [7, 11) is 1.39. The fourth-order valence-electron chi connectivity index (χ4n) is 3.64. The monoisotopic (exact) mass is 498 g/mol. The van der Waals surface area contributed by atoms with E-state index in [-0.39, 0.29) is 21.8 Å². The minimum atomic E-state index is -0.913. The van der Waals surface area contributed by atoms with E-state index in [2.05, 4.69) is 14.8 Å². The number of aromatic nitrogens is 3. The molecule has 0 bridgehead atoms.